The van der Waals surface area contributed by atoms with Crippen LogP contribution >= 0.6 is 0 Å². The summed E-state index contributed by atoms with van der Waals surface area (Å²) in [4.78, 5) is 17.3. The van der Waals surface area contributed by atoms with Gasteiger partial charge in [-0.2, -0.15) is 15.0 Å². The predicted molar refractivity (Wildman–Crippen MR) is 122 cm³/mol. The molecule has 0 radical (unpaired) electrons. The Labute approximate surface area is 190 Å². The van der Waals surface area contributed by atoms with Crippen molar-refractivity contribution in [3.05, 3.63) is 65.9 Å². The first kappa shape index (κ1) is 21.6. The van der Waals surface area contributed by atoms with E-state index in [0.29, 0.717) is 28.6 Å². The number of para-hydroxylation sites is 3. The van der Waals surface area contributed by atoms with Crippen LogP contribution in [0.1, 0.15) is 11.1 Å². The van der Waals surface area contributed by atoms with Crippen molar-refractivity contribution >= 4 is 22.6 Å². The maximum absolute atomic E-state index is 12.6. The first-order chi connectivity index (χ1) is 16.0. The van der Waals surface area contributed by atoms with Gasteiger partial charge < -0.3 is 19.5 Å². The quantitative estimate of drug-likeness (QED) is 0.464. The zero-order valence-corrected chi connectivity index (χ0v) is 18.3. The van der Waals surface area contributed by atoms with E-state index >= 15 is 0 Å². The first-order valence-corrected chi connectivity index (χ1v) is 10.0. The van der Waals surface area contributed by atoms with Crippen LogP contribution < -0.4 is 19.5 Å². The number of aryl methyl sites for hydroxylation is 1. The smallest absolute Gasteiger partial charge is 0.263 e. The number of rotatable bonds is 7. The Hall–Kier alpha value is -4.58. The fourth-order valence-corrected chi connectivity index (χ4v) is 3.42. The van der Waals surface area contributed by atoms with Crippen molar-refractivity contribution in [1.29, 1.82) is 5.26 Å². The summed E-state index contributed by atoms with van der Waals surface area (Å²) in [6.45, 7) is 1.66. The van der Waals surface area contributed by atoms with Gasteiger partial charge in [0.25, 0.3) is 5.91 Å². The topological polar surface area (TPSA) is 111 Å². The number of benzene rings is 2. The Bertz CT molecular complexity index is 1370. The molecule has 0 fully saturated rings. The maximum atomic E-state index is 12.6. The van der Waals surface area contributed by atoms with E-state index in [2.05, 4.69) is 15.4 Å². The number of nitrogens with one attached hydrogen (secondary N) is 1. The predicted octanol–water partition coefficient (Wildman–Crippen LogP) is 3.64. The second-order valence-electron chi connectivity index (χ2n) is 7.07. The highest BCUT2D eigenvalue weighted by Crippen LogP contribution is 2.29. The molecule has 0 bridgehead atoms. The number of hydrogen-bond acceptors (Lipinski definition) is 7. The molecule has 0 unspecified atom stereocenters. The number of ether oxygens (including phenoxy) is 3. The molecule has 0 aliphatic heterocycles. The third-order valence-electron chi connectivity index (χ3n) is 5.01. The molecule has 0 spiro atoms. The summed E-state index contributed by atoms with van der Waals surface area (Å²) < 4.78 is 17.7. The van der Waals surface area contributed by atoms with Crippen LogP contribution in [0.2, 0.25) is 0 Å². The zero-order valence-electron chi connectivity index (χ0n) is 18.3. The molecule has 33 heavy (non-hydrogen) atoms. The Balaban J connectivity index is 1.64. The average Bonchev–Trinajstić information content (AvgIpc) is 3.24. The highest BCUT2D eigenvalue weighted by Gasteiger charge is 2.18. The van der Waals surface area contributed by atoms with Gasteiger partial charge in [-0.05, 0) is 36.8 Å². The van der Waals surface area contributed by atoms with Crippen molar-refractivity contribution in [2.75, 3.05) is 26.1 Å². The van der Waals surface area contributed by atoms with Crippen LogP contribution in [0.4, 0.5) is 5.82 Å². The van der Waals surface area contributed by atoms with Crippen LogP contribution in [-0.2, 0) is 4.79 Å². The minimum atomic E-state index is -0.464. The normalized spacial score (nSPS) is 10.5. The van der Waals surface area contributed by atoms with E-state index in [4.69, 9.17) is 14.2 Å². The van der Waals surface area contributed by atoms with E-state index in [1.165, 1.54) is 18.0 Å². The fraction of sp³-hybridized carbons (Fsp3) is 0.167. The summed E-state index contributed by atoms with van der Waals surface area (Å²) in [7, 11) is 3.10. The van der Waals surface area contributed by atoms with Crippen LogP contribution in [0.5, 0.6) is 17.2 Å². The van der Waals surface area contributed by atoms with Crippen LogP contribution in [0.15, 0.2) is 54.7 Å². The average molecular weight is 443 g/mol. The van der Waals surface area contributed by atoms with E-state index < -0.39 is 5.91 Å². The minimum absolute atomic E-state index is 0.195. The number of nitrogens with zero attached hydrogens (tertiary/aromatic N) is 4. The van der Waals surface area contributed by atoms with E-state index in [9.17, 15) is 10.1 Å². The molecule has 2 aromatic heterocycles. The van der Waals surface area contributed by atoms with Gasteiger partial charge in [0.2, 0.25) is 0 Å². The molecule has 4 rings (SSSR count). The molecule has 1 amide bonds. The summed E-state index contributed by atoms with van der Waals surface area (Å²) in [6, 6.07) is 16.6. The van der Waals surface area contributed by atoms with Crippen molar-refractivity contribution in [2.45, 2.75) is 6.92 Å². The fourth-order valence-electron chi connectivity index (χ4n) is 3.42. The molecule has 4 aromatic rings. The number of nitriles is 1. The molecule has 9 nitrogen and oxygen atoms in total. The van der Waals surface area contributed by atoms with Gasteiger partial charge >= 0.3 is 0 Å². The lowest BCUT2D eigenvalue weighted by atomic mass is 10.1. The van der Waals surface area contributed by atoms with E-state index in [-0.39, 0.29) is 18.0 Å². The van der Waals surface area contributed by atoms with Gasteiger partial charge in [0, 0.05) is 5.39 Å². The van der Waals surface area contributed by atoms with Gasteiger partial charge in [-0.25, -0.2) is 4.98 Å². The Morgan fingerprint density at radius 3 is 2.55 bits per heavy atom. The van der Waals surface area contributed by atoms with Crippen LogP contribution in [0, 0.1) is 18.3 Å². The number of aromatic nitrogens is 3. The number of amides is 1. The number of carbonyl (C=O) groups excluding carboxylic acids is 1. The van der Waals surface area contributed by atoms with Gasteiger partial charge in [-0.1, -0.05) is 24.3 Å². The number of carbonyl (C=O) groups is 1. The maximum Gasteiger partial charge on any atom is 0.263 e. The summed E-state index contributed by atoms with van der Waals surface area (Å²) in [5.74, 6) is 1.73. The third-order valence-corrected chi connectivity index (χ3v) is 5.01. The zero-order chi connectivity index (χ0) is 23.4. The van der Waals surface area contributed by atoms with Crippen molar-refractivity contribution in [3.8, 4) is 29.1 Å². The summed E-state index contributed by atoms with van der Waals surface area (Å²) in [5.41, 5.74) is 1.79. The molecule has 1 N–H and O–H groups in total. The molecule has 2 heterocycles. The summed E-state index contributed by atoms with van der Waals surface area (Å²) in [6.07, 6.45) is 1.38. The summed E-state index contributed by atoms with van der Waals surface area (Å²) >= 11 is 0. The first-order valence-electron chi connectivity index (χ1n) is 10.0. The number of pyridine rings is 1. The monoisotopic (exact) mass is 443 g/mol. The van der Waals surface area contributed by atoms with Gasteiger partial charge in [-0.15, -0.1) is 0 Å². The van der Waals surface area contributed by atoms with Crippen LogP contribution in [-0.4, -0.2) is 41.5 Å². The lowest BCUT2D eigenvalue weighted by Crippen LogP contribution is -2.22. The Morgan fingerprint density at radius 2 is 1.82 bits per heavy atom. The number of hydrogen-bond donors (Lipinski definition) is 1. The molecule has 0 aliphatic carbocycles. The van der Waals surface area contributed by atoms with Crippen LogP contribution in [0.3, 0.4) is 0 Å². The Morgan fingerprint density at radius 1 is 1.09 bits per heavy atom. The molecule has 0 aliphatic rings. The molecular formula is C24H21N5O4. The molecule has 9 heteroatoms. The molecule has 0 saturated carbocycles. The highest BCUT2D eigenvalue weighted by molar-refractivity contribution is 5.93. The molecule has 0 saturated heterocycles. The van der Waals surface area contributed by atoms with Gasteiger partial charge in [-0.3, -0.25) is 4.79 Å². The molecule has 0 atom stereocenters. The third kappa shape index (κ3) is 4.27. The van der Waals surface area contributed by atoms with Gasteiger partial charge in [0.05, 0.1) is 20.4 Å². The number of fused-ring (bicyclic) bond motifs is 1. The summed E-state index contributed by atoms with van der Waals surface area (Å²) in [5, 5.41) is 17.5. The number of methoxy groups -OCH3 is 2. The van der Waals surface area contributed by atoms with Crippen molar-refractivity contribution in [1.82, 2.24) is 14.8 Å². The lowest BCUT2D eigenvalue weighted by Gasteiger charge is -2.13. The largest absolute Gasteiger partial charge is 0.494 e. The van der Waals surface area contributed by atoms with E-state index in [1.54, 1.807) is 31.4 Å². The van der Waals surface area contributed by atoms with Gasteiger partial charge in [0.1, 0.15) is 22.9 Å². The minimum Gasteiger partial charge on any atom is -0.494 e. The Kier molecular flexibility index (Phi) is 6.09. The second-order valence-corrected chi connectivity index (χ2v) is 7.07. The lowest BCUT2D eigenvalue weighted by molar-refractivity contribution is -0.118. The second kappa shape index (κ2) is 9.28. The number of anilines is 1. The SMILES string of the molecule is COc1ccccc1OCC(=O)Nc1c(C#N)cnn1-c1cc(C)c2cccc(OC)c2n1. The van der Waals surface area contributed by atoms with Gasteiger partial charge in [0.15, 0.2) is 29.7 Å². The van der Waals surface area contributed by atoms with Crippen molar-refractivity contribution < 1.29 is 19.0 Å². The molecule has 166 valence electrons. The standard InChI is InChI=1S/C24H21N5O4/c1-15-11-21(27-23-17(15)7-6-10-20(23)32-3)29-24(16(12-25)13-26-29)28-22(30)14-33-19-9-5-4-8-18(19)31-2/h4-11,13H,14H2,1-3H3,(H,28,30). The van der Waals surface area contributed by atoms with E-state index in [1.807, 2.05) is 37.3 Å². The van der Waals surface area contributed by atoms with E-state index in [0.717, 1.165) is 10.9 Å². The van der Waals surface area contributed by atoms with Crippen molar-refractivity contribution in [3.63, 3.8) is 0 Å². The molecule has 2 aromatic carbocycles. The van der Waals surface area contributed by atoms with Crippen molar-refractivity contribution in [2.24, 2.45) is 0 Å². The highest BCUT2D eigenvalue weighted by atomic mass is 16.5. The molecular weight excluding hydrogens is 422 g/mol. The van der Waals surface area contributed by atoms with Crippen LogP contribution in [0.25, 0.3) is 16.7 Å².